The van der Waals surface area contributed by atoms with E-state index < -0.39 is 0 Å². The van der Waals surface area contributed by atoms with Crippen LogP contribution in [0.15, 0.2) is 12.1 Å². The molecule has 1 aromatic carbocycles. The molecule has 0 saturated carbocycles. The lowest BCUT2D eigenvalue weighted by molar-refractivity contribution is -0.116. The van der Waals surface area contributed by atoms with E-state index in [1.165, 1.54) is 0 Å². The van der Waals surface area contributed by atoms with Crippen LogP contribution < -0.4 is 5.73 Å². The lowest BCUT2D eigenvalue weighted by atomic mass is 9.97. The van der Waals surface area contributed by atoms with E-state index in [4.69, 9.17) is 17.3 Å². The Morgan fingerprint density at radius 1 is 1.40 bits per heavy atom. The first-order valence-corrected chi connectivity index (χ1v) is 5.57. The monoisotopic (exact) mass is 225 g/mol. The molecule has 2 N–H and O–H groups in total. The highest BCUT2D eigenvalue weighted by Crippen LogP contribution is 2.19. The van der Waals surface area contributed by atoms with E-state index in [2.05, 4.69) is 6.92 Å². The van der Waals surface area contributed by atoms with Crippen LogP contribution in [0.5, 0.6) is 0 Å². The molecular weight excluding hydrogens is 210 g/mol. The van der Waals surface area contributed by atoms with Crippen molar-refractivity contribution in [1.29, 1.82) is 0 Å². The van der Waals surface area contributed by atoms with E-state index >= 15 is 0 Å². The Bertz CT molecular complexity index is 374. The van der Waals surface area contributed by atoms with Crippen molar-refractivity contribution in [3.63, 3.8) is 0 Å². The first-order valence-electron chi connectivity index (χ1n) is 5.04. The summed E-state index contributed by atoms with van der Waals surface area (Å²) >= 11 is 5.49. The number of halogens is 1. The summed E-state index contributed by atoms with van der Waals surface area (Å²) in [5.41, 5.74) is 9.81. The van der Waals surface area contributed by atoms with Crippen LogP contribution >= 0.6 is 11.6 Å². The molecular formula is C12H16ClNO. The molecule has 0 aromatic heterocycles. The molecule has 0 fully saturated rings. The van der Waals surface area contributed by atoms with Crippen LogP contribution in [0.3, 0.4) is 0 Å². The van der Waals surface area contributed by atoms with Gasteiger partial charge < -0.3 is 5.73 Å². The predicted octanol–water partition coefficient (Wildman–Crippen LogP) is 2.49. The van der Waals surface area contributed by atoms with Crippen molar-refractivity contribution in [2.45, 2.75) is 26.7 Å². The molecule has 0 atom stereocenters. The van der Waals surface area contributed by atoms with E-state index in [9.17, 15) is 4.79 Å². The number of anilines is 1. The molecule has 0 heterocycles. The van der Waals surface area contributed by atoms with Gasteiger partial charge in [-0.05, 0) is 36.1 Å². The van der Waals surface area contributed by atoms with E-state index in [0.717, 1.165) is 28.8 Å². The number of rotatable bonds is 4. The quantitative estimate of drug-likeness (QED) is 0.632. The zero-order valence-electron chi connectivity index (χ0n) is 9.14. The van der Waals surface area contributed by atoms with Gasteiger partial charge in [-0.2, -0.15) is 0 Å². The molecule has 0 unspecified atom stereocenters. The molecule has 1 aromatic rings. The molecule has 0 radical (unpaired) electrons. The fraction of sp³-hybridized carbons (Fsp3) is 0.417. The lowest BCUT2D eigenvalue weighted by Gasteiger charge is -2.10. The number of alkyl halides is 1. The number of ketones is 1. The van der Waals surface area contributed by atoms with Crippen molar-refractivity contribution in [1.82, 2.24) is 0 Å². The minimum atomic E-state index is 0.0514. The van der Waals surface area contributed by atoms with Gasteiger partial charge in [-0.15, -0.1) is 11.6 Å². The average Bonchev–Trinajstić information content (AvgIpc) is 2.22. The number of Topliss-reactive ketones (excluding diaryl/α,β-unsaturated/α-hetero) is 1. The lowest BCUT2D eigenvalue weighted by Crippen LogP contribution is -2.07. The van der Waals surface area contributed by atoms with Gasteiger partial charge in [0.05, 0.1) is 5.88 Å². The van der Waals surface area contributed by atoms with Crippen molar-refractivity contribution in [3.05, 3.63) is 28.8 Å². The SMILES string of the molecule is CCc1cc(N)c(C)cc1CC(=O)CCl. The third-order valence-electron chi connectivity index (χ3n) is 2.51. The smallest absolute Gasteiger partial charge is 0.151 e. The van der Waals surface area contributed by atoms with Crippen LogP contribution in [0.2, 0.25) is 0 Å². The Labute approximate surface area is 95.4 Å². The highest BCUT2D eigenvalue weighted by molar-refractivity contribution is 6.27. The largest absolute Gasteiger partial charge is 0.399 e. The summed E-state index contributed by atoms with van der Waals surface area (Å²) in [4.78, 5) is 11.3. The Kier molecular flexibility index (Phi) is 4.15. The standard InChI is InChI=1S/C12H16ClNO/c1-3-9-6-12(14)8(2)4-10(9)5-11(15)7-13/h4,6H,3,5,7,14H2,1-2H3. The van der Waals surface area contributed by atoms with Gasteiger partial charge in [0.15, 0.2) is 5.78 Å². The van der Waals surface area contributed by atoms with Gasteiger partial charge in [0.1, 0.15) is 0 Å². The summed E-state index contributed by atoms with van der Waals surface area (Å²) in [6.45, 7) is 4.00. The molecule has 0 spiro atoms. The van der Waals surface area contributed by atoms with Gasteiger partial charge >= 0.3 is 0 Å². The molecule has 1 rings (SSSR count). The number of nitrogens with two attached hydrogens (primary N) is 1. The number of hydrogen-bond acceptors (Lipinski definition) is 2. The number of aryl methyl sites for hydroxylation is 2. The van der Waals surface area contributed by atoms with Crippen LogP contribution in [-0.4, -0.2) is 11.7 Å². The Balaban J connectivity index is 3.05. The summed E-state index contributed by atoms with van der Waals surface area (Å²) in [5.74, 6) is 0.127. The molecule has 15 heavy (non-hydrogen) atoms. The Morgan fingerprint density at radius 2 is 2.07 bits per heavy atom. The summed E-state index contributed by atoms with van der Waals surface area (Å²) in [6.07, 6.45) is 1.29. The second kappa shape index (κ2) is 5.17. The molecule has 2 nitrogen and oxygen atoms in total. The maximum atomic E-state index is 11.3. The summed E-state index contributed by atoms with van der Waals surface area (Å²) in [5, 5.41) is 0. The van der Waals surface area contributed by atoms with Crippen molar-refractivity contribution in [3.8, 4) is 0 Å². The highest BCUT2D eigenvalue weighted by Gasteiger charge is 2.08. The third-order valence-corrected chi connectivity index (χ3v) is 2.80. The van der Waals surface area contributed by atoms with Gasteiger partial charge in [-0.25, -0.2) is 0 Å². The van der Waals surface area contributed by atoms with Crippen LogP contribution in [0.25, 0.3) is 0 Å². The molecule has 0 aliphatic heterocycles. The van der Waals surface area contributed by atoms with E-state index in [0.29, 0.717) is 6.42 Å². The molecule has 0 amide bonds. The second-order valence-corrected chi connectivity index (χ2v) is 3.95. The fourth-order valence-corrected chi connectivity index (χ4v) is 1.68. The number of benzene rings is 1. The maximum absolute atomic E-state index is 11.3. The molecule has 0 bridgehead atoms. The predicted molar refractivity (Wildman–Crippen MR) is 64.4 cm³/mol. The van der Waals surface area contributed by atoms with Gasteiger partial charge in [0.25, 0.3) is 0 Å². The first-order chi connectivity index (χ1) is 7.08. The van der Waals surface area contributed by atoms with Crippen molar-refractivity contribution < 1.29 is 4.79 Å². The summed E-state index contributed by atoms with van der Waals surface area (Å²) in [7, 11) is 0. The molecule has 82 valence electrons. The van der Waals surface area contributed by atoms with Crippen LogP contribution in [0.1, 0.15) is 23.6 Å². The molecule has 0 aliphatic carbocycles. The highest BCUT2D eigenvalue weighted by atomic mass is 35.5. The summed E-state index contributed by atoms with van der Waals surface area (Å²) < 4.78 is 0. The molecule has 0 aliphatic rings. The minimum absolute atomic E-state index is 0.0514. The van der Waals surface area contributed by atoms with Gasteiger partial charge in [0.2, 0.25) is 0 Å². The zero-order chi connectivity index (χ0) is 11.4. The Hall–Kier alpha value is -1.02. The molecule has 0 saturated heterocycles. The van der Waals surface area contributed by atoms with E-state index in [1.807, 2.05) is 19.1 Å². The zero-order valence-corrected chi connectivity index (χ0v) is 9.90. The van der Waals surface area contributed by atoms with Crippen molar-refractivity contribution >= 4 is 23.1 Å². The first kappa shape index (κ1) is 12.1. The van der Waals surface area contributed by atoms with Gasteiger partial charge in [-0.3, -0.25) is 4.79 Å². The number of carbonyl (C=O) groups excluding carboxylic acids is 1. The second-order valence-electron chi connectivity index (χ2n) is 3.68. The van der Waals surface area contributed by atoms with Gasteiger partial charge in [0, 0.05) is 12.1 Å². The maximum Gasteiger partial charge on any atom is 0.151 e. The third kappa shape index (κ3) is 2.96. The number of carbonyl (C=O) groups is 1. The van der Waals surface area contributed by atoms with Crippen LogP contribution in [0, 0.1) is 6.92 Å². The Morgan fingerprint density at radius 3 is 2.60 bits per heavy atom. The summed E-state index contributed by atoms with van der Waals surface area (Å²) in [6, 6.07) is 3.94. The van der Waals surface area contributed by atoms with Crippen molar-refractivity contribution in [2.75, 3.05) is 11.6 Å². The van der Waals surface area contributed by atoms with Crippen LogP contribution in [0.4, 0.5) is 5.69 Å². The van der Waals surface area contributed by atoms with Crippen molar-refractivity contribution in [2.24, 2.45) is 0 Å². The van der Waals surface area contributed by atoms with E-state index in [-0.39, 0.29) is 11.7 Å². The topological polar surface area (TPSA) is 43.1 Å². The van der Waals surface area contributed by atoms with Gasteiger partial charge in [-0.1, -0.05) is 13.0 Å². The number of nitrogen functional groups attached to an aromatic ring is 1. The normalized spacial score (nSPS) is 10.3. The van der Waals surface area contributed by atoms with E-state index in [1.54, 1.807) is 0 Å². The fourth-order valence-electron chi connectivity index (χ4n) is 1.58. The average molecular weight is 226 g/mol. The minimum Gasteiger partial charge on any atom is -0.399 e. The molecule has 3 heteroatoms. The number of hydrogen-bond donors (Lipinski definition) is 1. The van der Waals surface area contributed by atoms with Crippen LogP contribution in [-0.2, 0) is 17.6 Å².